The molecule has 0 heterocycles. The van der Waals surface area contributed by atoms with Gasteiger partial charge in [-0.15, -0.1) is 13.2 Å². The van der Waals surface area contributed by atoms with Gasteiger partial charge in [-0.3, -0.25) is 4.79 Å². The zero-order chi connectivity index (χ0) is 12.8. The average molecular weight is 406 g/mol. The highest BCUT2D eigenvalue weighted by Gasteiger charge is 2.16. The van der Waals surface area contributed by atoms with Gasteiger partial charge in [0, 0.05) is 21.1 Å². The van der Waals surface area contributed by atoms with Gasteiger partial charge in [0.15, 0.2) is 0 Å². The summed E-state index contributed by atoms with van der Waals surface area (Å²) >= 11 is 5.54. The molecule has 0 fully saturated rings. The van der Waals surface area contributed by atoms with Crippen LogP contribution in [0.3, 0.4) is 0 Å². The second kappa shape index (κ2) is 6.96. The minimum absolute atomic E-state index is 0.00417. The van der Waals surface area contributed by atoms with Crippen molar-refractivity contribution in [2.24, 2.45) is 0 Å². The third-order valence-electron chi connectivity index (χ3n) is 2.15. The molecule has 2 nitrogen and oxygen atoms in total. The molecule has 1 aromatic rings. The van der Waals surface area contributed by atoms with Gasteiger partial charge in [-0.25, -0.2) is 0 Å². The maximum absolute atomic E-state index is 12.3. The molecule has 0 unspecified atom stereocenters. The Kier molecular flexibility index (Phi) is 5.91. The molecule has 1 rings (SSSR count). The van der Waals surface area contributed by atoms with E-state index < -0.39 is 0 Å². The van der Waals surface area contributed by atoms with Crippen molar-refractivity contribution < 1.29 is 4.79 Å². The lowest BCUT2D eigenvalue weighted by Crippen LogP contribution is -2.31. The van der Waals surface area contributed by atoms with E-state index in [9.17, 15) is 4.79 Å². The molecule has 0 atom stereocenters. The topological polar surface area (TPSA) is 20.3 Å². The highest BCUT2D eigenvalue weighted by Crippen LogP contribution is 2.20. The molecule has 0 N–H and O–H groups in total. The van der Waals surface area contributed by atoms with Gasteiger partial charge in [0.05, 0.1) is 5.56 Å². The summed E-state index contributed by atoms with van der Waals surface area (Å²) in [6.07, 6.45) is 3.43. The predicted molar refractivity (Wildman–Crippen MR) is 83.2 cm³/mol. The van der Waals surface area contributed by atoms with Gasteiger partial charge in [-0.1, -0.05) is 28.1 Å². The molecule has 1 amide bonds. The molecular formula is C13H13BrINO. The molecule has 4 heteroatoms. The number of carbonyl (C=O) groups is 1. The lowest BCUT2D eigenvalue weighted by atomic mass is 10.2. The summed E-state index contributed by atoms with van der Waals surface area (Å²) in [4.78, 5) is 14.0. The van der Waals surface area contributed by atoms with Crippen LogP contribution in [0.25, 0.3) is 0 Å². The van der Waals surface area contributed by atoms with Crippen molar-refractivity contribution in [3.05, 3.63) is 57.1 Å². The van der Waals surface area contributed by atoms with E-state index in [0.29, 0.717) is 18.7 Å². The van der Waals surface area contributed by atoms with Crippen LogP contribution in [0.4, 0.5) is 0 Å². The highest BCUT2D eigenvalue weighted by atomic mass is 127. The molecule has 1 aromatic carbocycles. The van der Waals surface area contributed by atoms with Crippen LogP contribution in [-0.4, -0.2) is 23.9 Å². The Morgan fingerprint density at radius 2 is 1.94 bits per heavy atom. The third kappa shape index (κ3) is 3.96. The molecule has 0 saturated carbocycles. The quantitative estimate of drug-likeness (QED) is 0.538. The number of rotatable bonds is 5. The second-order valence-electron chi connectivity index (χ2n) is 3.41. The lowest BCUT2D eigenvalue weighted by molar-refractivity contribution is 0.0789. The summed E-state index contributed by atoms with van der Waals surface area (Å²) in [5, 5.41) is 0. The van der Waals surface area contributed by atoms with Crippen LogP contribution in [-0.2, 0) is 0 Å². The highest BCUT2D eigenvalue weighted by molar-refractivity contribution is 14.1. The van der Waals surface area contributed by atoms with E-state index in [-0.39, 0.29) is 5.91 Å². The van der Waals surface area contributed by atoms with Crippen molar-refractivity contribution in [3.8, 4) is 0 Å². The first-order valence-corrected chi connectivity index (χ1v) is 6.93. The molecule has 0 aliphatic rings. The van der Waals surface area contributed by atoms with E-state index in [2.05, 4.69) is 51.7 Å². The number of benzene rings is 1. The summed E-state index contributed by atoms with van der Waals surface area (Å²) in [6.45, 7) is 8.36. The Bertz CT molecular complexity index is 435. The van der Waals surface area contributed by atoms with Crippen LogP contribution in [0.5, 0.6) is 0 Å². The van der Waals surface area contributed by atoms with Crippen LogP contribution >= 0.6 is 38.5 Å². The Labute approximate surface area is 124 Å². The Hall–Kier alpha value is -0.620. The Balaban J connectivity index is 3.03. The molecular weight excluding hydrogens is 393 g/mol. The SMILES string of the molecule is C=CCN(CC=C)C(=O)c1cc(Br)ccc1I. The Morgan fingerprint density at radius 3 is 2.47 bits per heavy atom. The predicted octanol–water partition coefficient (Wildman–Crippen LogP) is 3.87. The molecule has 0 saturated heterocycles. The second-order valence-corrected chi connectivity index (χ2v) is 5.49. The number of halogens is 2. The van der Waals surface area contributed by atoms with Crippen LogP contribution in [0.15, 0.2) is 48.0 Å². The van der Waals surface area contributed by atoms with Crippen molar-refractivity contribution in [1.82, 2.24) is 4.90 Å². The van der Waals surface area contributed by atoms with Crippen molar-refractivity contribution in [2.75, 3.05) is 13.1 Å². The van der Waals surface area contributed by atoms with Gasteiger partial charge in [0.2, 0.25) is 0 Å². The van der Waals surface area contributed by atoms with E-state index in [1.54, 1.807) is 17.1 Å². The first kappa shape index (κ1) is 14.4. The number of nitrogens with zero attached hydrogens (tertiary/aromatic N) is 1. The minimum Gasteiger partial charge on any atom is -0.331 e. The molecule has 0 radical (unpaired) electrons. The molecule has 90 valence electrons. The van der Waals surface area contributed by atoms with Crippen molar-refractivity contribution in [3.63, 3.8) is 0 Å². The van der Waals surface area contributed by atoms with Crippen LogP contribution in [0.1, 0.15) is 10.4 Å². The van der Waals surface area contributed by atoms with E-state index >= 15 is 0 Å². The first-order chi connectivity index (χ1) is 8.10. The average Bonchev–Trinajstić information content (AvgIpc) is 2.31. The van der Waals surface area contributed by atoms with Crippen molar-refractivity contribution >= 4 is 44.4 Å². The summed E-state index contributed by atoms with van der Waals surface area (Å²) in [5.41, 5.74) is 0.698. The van der Waals surface area contributed by atoms with Crippen LogP contribution < -0.4 is 0 Å². The fraction of sp³-hybridized carbons (Fsp3) is 0.154. The molecule has 0 spiro atoms. The molecule has 17 heavy (non-hydrogen) atoms. The summed E-state index contributed by atoms with van der Waals surface area (Å²) < 4.78 is 1.84. The van der Waals surface area contributed by atoms with Crippen LogP contribution in [0.2, 0.25) is 0 Å². The summed E-state index contributed by atoms with van der Waals surface area (Å²) in [5.74, 6) is -0.00417. The number of carbonyl (C=O) groups excluding carboxylic acids is 1. The minimum atomic E-state index is -0.00417. The fourth-order valence-electron chi connectivity index (χ4n) is 1.38. The largest absolute Gasteiger partial charge is 0.331 e. The zero-order valence-corrected chi connectivity index (χ0v) is 13.1. The molecule has 0 aliphatic carbocycles. The van der Waals surface area contributed by atoms with Gasteiger partial charge in [0.1, 0.15) is 0 Å². The Morgan fingerprint density at radius 1 is 1.35 bits per heavy atom. The standard InChI is InChI=1S/C13H13BrINO/c1-3-7-16(8-4-2)13(17)11-9-10(14)5-6-12(11)15/h3-6,9H,1-2,7-8H2. The van der Waals surface area contributed by atoms with Crippen molar-refractivity contribution in [1.29, 1.82) is 0 Å². The lowest BCUT2D eigenvalue weighted by Gasteiger charge is -2.20. The number of hydrogen-bond donors (Lipinski definition) is 0. The van der Waals surface area contributed by atoms with Gasteiger partial charge < -0.3 is 4.90 Å². The summed E-state index contributed by atoms with van der Waals surface area (Å²) in [7, 11) is 0. The van der Waals surface area contributed by atoms with Gasteiger partial charge >= 0.3 is 0 Å². The summed E-state index contributed by atoms with van der Waals surface area (Å²) in [6, 6.07) is 5.67. The van der Waals surface area contributed by atoms with Crippen LogP contribution in [0, 0.1) is 3.57 Å². The van der Waals surface area contributed by atoms with Gasteiger partial charge in [0.25, 0.3) is 5.91 Å². The molecule has 0 aromatic heterocycles. The van der Waals surface area contributed by atoms with E-state index in [1.807, 2.05) is 18.2 Å². The monoisotopic (exact) mass is 405 g/mol. The van der Waals surface area contributed by atoms with E-state index in [1.165, 1.54) is 0 Å². The fourth-order valence-corrected chi connectivity index (χ4v) is 2.31. The van der Waals surface area contributed by atoms with E-state index in [0.717, 1.165) is 8.04 Å². The first-order valence-electron chi connectivity index (χ1n) is 5.06. The number of hydrogen-bond acceptors (Lipinski definition) is 1. The smallest absolute Gasteiger partial charge is 0.255 e. The van der Waals surface area contributed by atoms with E-state index in [4.69, 9.17) is 0 Å². The maximum atomic E-state index is 12.3. The molecule has 0 aliphatic heterocycles. The van der Waals surface area contributed by atoms with Crippen molar-refractivity contribution in [2.45, 2.75) is 0 Å². The normalized spacial score (nSPS) is 9.76. The maximum Gasteiger partial charge on any atom is 0.255 e. The van der Waals surface area contributed by atoms with Gasteiger partial charge in [-0.2, -0.15) is 0 Å². The number of amides is 1. The van der Waals surface area contributed by atoms with Gasteiger partial charge in [-0.05, 0) is 40.8 Å². The third-order valence-corrected chi connectivity index (χ3v) is 3.58. The molecule has 0 bridgehead atoms. The zero-order valence-electron chi connectivity index (χ0n) is 9.33.